The molecule has 3 aromatic carbocycles. The minimum atomic E-state index is -0.0592. The van der Waals surface area contributed by atoms with Crippen LogP contribution >= 0.6 is 11.3 Å². The molecule has 248 valence electrons. The maximum absolute atomic E-state index is 4.74. The van der Waals surface area contributed by atoms with Crippen molar-refractivity contribution in [3.05, 3.63) is 136 Å². The van der Waals surface area contributed by atoms with E-state index in [4.69, 9.17) is 20.0 Å². The first-order valence-corrected chi connectivity index (χ1v) is 17.4. The average Bonchev–Trinajstić information content (AvgIpc) is 3.93. The standard InChI is InChI=1S/C35H29N9S.2C2H6/c1-4-24-10-28(8-1)19-42-34-23-44-35(45-34)43-20-29-9-2-5-25(11-29)16-37-31-14-33(41-22-31)39-18-27-7-3-6-26(12-27)17-38-32-13-30(21-40-32)36-15-24;2*1-2/h1-12,15-23,32-33,40-41H,13-14H2;2*1-2H3/b36-15?,37-16?,38-17+,39-18+,42-19+,43-20+;;. The molecule has 0 radical (unpaired) electrons. The van der Waals surface area contributed by atoms with Gasteiger partial charge in [-0.1, -0.05) is 93.6 Å². The first kappa shape index (κ1) is 34.7. The predicted octanol–water partition coefficient (Wildman–Crippen LogP) is 8.41. The van der Waals surface area contributed by atoms with E-state index in [2.05, 4.69) is 37.7 Å². The third-order valence-corrected chi connectivity index (χ3v) is 7.95. The number of fused-ring (bicyclic) bond motifs is 12. The highest BCUT2D eigenvalue weighted by molar-refractivity contribution is 7.19. The maximum atomic E-state index is 4.74. The van der Waals surface area contributed by atoms with E-state index in [1.807, 2.05) is 138 Å². The molecule has 3 aliphatic rings. The highest BCUT2D eigenvalue weighted by Gasteiger charge is 2.15. The molecule has 2 atom stereocenters. The Balaban J connectivity index is 0.00000113. The molecule has 3 aliphatic heterocycles. The summed E-state index contributed by atoms with van der Waals surface area (Å²) in [6, 6.07) is 24.3. The number of rotatable bonds is 0. The molecule has 2 unspecified atom stereocenters. The van der Waals surface area contributed by atoms with Crippen molar-refractivity contribution < 1.29 is 0 Å². The fourth-order valence-corrected chi connectivity index (χ4v) is 5.47. The Morgan fingerprint density at radius 3 is 1.41 bits per heavy atom. The molecule has 9 nitrogen and oxygen atoms in total. The van der Waals surface area contributed by atoms with Gasteiger partial charge < -0.3 is 10.6 Å². The number of aromatic nitrogens is 1. The zero-order valence-electron chi connectivity index (χ0n) is 28.2. The van der Waals surface area contributed by atoms with Crippen LogP contribution in [-0.2, 0) is 0 Å². The van der Waals surface area contributed by atoms with Crippen LogP contribution in [0.1, 0.15) is 73.9 Å². The largest absolute Gasteiger partial charge is 0.368 e. The van der Waals surface area contributed by atoms with E-state index in [1.54, 1.807) is 6.20 Å². The summed E-state index contributed by atoms with van der Waals surface area (Å²) < 4.78 is 0. The van der Waals surface area contributed by atoms with Gasteiger partial charge in [0.2, 0.25) is 5.13 Å². The fraction of sp³-hybridized carbons (Fsp3) is 0.205. The molecule has 0 spiro atoms. The Morgan fingerprint density at radius 1 is 0.531 bits per heavy atom. The molecule has 12 bridgehead atoms. The SMILES string of the molecule is C1=NC2=CNC(C2)/N=C/c2cccc(c2)/C=N/C2CC(=CN2)N=Cc2cccc(c2)/C=N/c2ncc(s2)/N=C/c2cccc1c2.CC.CC. The molecule has 0 saturated heterocycles. The zero-order chi connectivity index (χ0) is 34.3. The Hall–Kier alpha value is -5.61. The summed E-state index contributed by atoms with van der Waals surface area (Å²) in [5, 5.41) is 8.05. The number of thiazole rings is 1. The van der Waals surface area contributed by atoms with Crippen LogP contribution in [0.15, 0.2) is 133 Å². The topological polar surface area (TPSA) is 111 Å². The number of aliphatic imine (C=N–C) groups is 6. The van der Waals surface area contributed by atoms with Crippen LogP contribution in [0.2, 0.25) is 0 Å². The van der Waals surface area contributed by atoms with Crippen LogP contribution in [-0.4, -0.2) is 54.6 Å². The van der Waals surface area contributed by atoms with Crippen LogP contribution in [0.5, 0.6) is 0 Å². The van der Waals surface area contributed by atoms with Gasteiger partial charge in [0.05, 0.1) is 17.6 Å². The Morgan fingerprint density at radius 2 is 0.939 bits per heavy atom. The summed E-state index contributed by atoms with van der Waals surface area (Å²) in [6.45, 7) is 8.00. The second-order valence-corrected chi connectivity index (χ2v) is 11.6. The van der Waals surface area contributed by atoms with Gasteiger partial charge in [0.25, 0.3) is 0 Å². The lowest BCUT2D eigenvalue weighted by Gasteiger charge is -2.05. The van der Waals surface area contributed by atoms with Gasteiger partial charge in [-0.3, -0.25) is 20.0 Å². The highest BCUT2D eigenvalue weighted by atomic mass is 32.1. The van der Waals surface area contributed by atoms with Gasteiger partial charge in [-0.15, -0.1) is 0 Å². The monoisotopic (exact) mass is 667 g/mol. The van der Waals surface area contributed by atoms with Gasteiger partial charge in [0.15, 0.2) is 0 Å². The number of hydrogen-bond donors (Lipinski definition) is 2. The summed E-state index contributed by atoms with van der Waals surface area (Å²) in [5.41, 5.74) is 7.84. The molecule has 4 heterocycles. The van der Waals surface area contributed by atoms with Crippen LogP contribution < -0.4 is 10.6 Å². The molecule has 0 saturated carbocycles. The molecule has 10 heteroatoms. The molecule has 0 aliphatic carbocycles. The minimum Gasteiger partial charge on any atom is -0.368 e. The lowest BCUT2D eigenvalue weighted by molar-refractivity contribution is 0.655. The van der Waals surface area contributed by atoms with Crippen molar-refractivity contribution in [3.8, 4) is 0 Å². The van der Waals surface area contributed by atoms with Gasteiger partial charge in [-0.2, -0.15) is 0 Å². The minimum absolute atomic E-state index is 0.0582. The number of nitrogens with one attached hydrogen (secondary N) is 2. The zero-order valence-corrected chi connectivity index (χ0v) is 29.0. The lowest BCUT2D eigenvalue weighted by atomic mass is 10.1. The predicted molar refractivity (Wildman–Crippen MR) is 208 cm³/mol. The molecule has 1 aromatic heterocycles. The Labute approximate surface area is 292 Å². The molecule has 49 heavy (non-hydrogen) atoms. The van der Waals surface area contributed by atoms with Crippen molar-refractivity contribution in [2.75, 3.05) is 0 Å². The number of hydrogen-bond acceptors (Lipinski definition) is 10. The molecule has 0 fully saturated rings. The van der Waals surface area contributed by atoms with E-state index >= 15 is 0 Å². The summed E-state index contributed by atoms with van der Waals surface area (Å²) in [6.07, 6.45) is 18.1. The van der Waals surface area contributed by atoms with Crippen molar-refractivity contribution >= 4 is 58.8 Å². The third-order valence-electron chi connectivity index (χ3n) is 7.13. The van der Waals surface area contributed by atoms with Crippen LogP contribution in [0.3, 0.4) is 0 Å². The van der Waals surface area contributed by atoms with E-state index in [9.17, 15) is 0 Å². The van der Waals surface area contributed by atoms with Gasteiger partial charge in [0, 0.05) is 62.5 Å². The second kappa shape index (κ2) is 18.1. The molecule has 7 rings (SSSR count). The van der Waals surface area contributed by atoms with Crippen molar-refractivity contribution in [2.45, 2.75) is 52.9 Å². The maximum Gasteiger partial charge on any atom is 0.211 e. The fourth-order valence-electron chi connectivity index (χ4n) is 4.86. The van der Waals surface area contributed by atoms with Crippen molar-refractivity contribution in [2.24, 2.45) is 30.0 Å². The summed E-state index contributed by atoms with van der Waals surface area (Å²) in [7, 11) is 0. The summed E-state index contributed by atoms with van der Waals surface area (Å²) >= 11 is 1.43. The van der Waals surface area contributed by atoms with Crippen molar-refractivity contribution in [1.82, 2.24) is 15.6 Å². The molecule has 0 amide bonds. The van der Waals surface area contributed by atoms with E-state index in [1.165, 1.54) is 11.3 Å². The lowest BCUT2D eigenvalue weighted by Crippen LogP contribution is -2.16. The number of nitrogens with zero attached hydrogens (tertiary/aromatic N) is 7. The third kappa shape index (κ3) is 10.4. The van der Waals surface area contributed by atoms with E-state index in [0.717, 1.165) is 49.8 Å². The van der Waals surface area contributed by atoms with Crippen molar-refractivity contribution in [1.29, 1.82) is 0 Å². The van der Waals surface area contributed by atoms with Crippen molar-refractivity contribution in [3.63, 3.8) is 0 Å². The molecule has 4 aromatic rings. The second-order valence-electron chi connectivity index (χ2n) is 10.6. The Kier molecular flexibility index (Phi) is 12.8. The van der Waals surface area contributed by atoms with Gasteiger partial charge >= 0.3 is 0 Å². The van der Waals surface area contributed by atoms with Gasteiger partial charge in [-0.05, 0) is 51.6 Å². The van der Waals surface area contributed by atoms with E-state index < -0.39 is 0 Å². The summed E-state index contributed by atoms with van der Waals surface area (Å²) in [4.78, 5) is 32.5. The number of benzene rings is 3. The first-order chi connectivity index (χ1) is 24.2. The van der Waals surface area contributed by atoms with Crippen LogP contribution in [0, 0.1) is 0 Å². The smallest absolute Gasteiger partial charge is 0.211 e. The highest BCUT2D eigenvalue weighted by Crippen LogP contribution is 2.28. The van der Waals surface area contributed by atoms with Crippen LogP contribution in [0.4, 0.5) is 10.1 Å². The molecular weight excluding hydrogens is 627 g/mol. The van der Waals surface area contributed by atoms with E-state index in [-0.39, 0.29) is 12.3 Å². The first-order valence-electron chi connectivity index (χ1n) is 16.6. The average molecular weight is 668 g/mol. The summed E-state index contributed by atoms with van der Waals surface area (Å²) in [5.74, 6) is 0. The van der Waals surface area contributed by atoms with E-state index in [0.29, 0.717) is 18.0 Å². The quantitative estimate of drug-likeness (QED) is 0.196. The molecular formula is C39H41N9S. The van der Waals surface area contributed by atoms with Gasteiger partial charge in [-0.25, -0.2) is 15.0 Å². The van der Waals surface area contributed by atoms with Gasteiger partial charge in [0.1, 0.15) is 17.3 Å². The van der Waals surface area contributed by atoms with Crippen LogP contribution in [0.25, 0.3) is 0 Å². The molecule has 2 N–H and O–H groups in total. The normalized spacial score (nSPS) is 20.3. The Bertz CT molecular complexity index is 1810.